The van der Waals surface area contributed by atoms with E-state index in [9.17, 15) is 13.2 Å². The smallest absolute Gasteiger partial charge is 0.331 e. The lowest BCUT2D eigenvalue weighted by molar-refractivity contribution is -0.148. The summed E-state index contributed by atoms with van der Waals surface area (Å²) in [5, 5.41) is 0. The van der Waals surface area contributed by atoms with Crippen molar-refractivity contribution in [3.8, 4) is 0 Å². The molecule has 1 heterocycles. The van der Waals surface area contributed by atoms with Gasteiger partial charge in [0.05, 0.1) is 4.90 Å². The second-order valence-electron chi connectivity index (χ2n) is 6.91. The van der Waals surface area contributed by atoms with Gasteiger partial charge in [0.15, 0.2) is 0 Å². The molecule has 0 saturated heterocycles. The summed E-state index contributed by atoms with van der Waals surface area (Å²) < 4.78 is 31.7. The number of benzene rings is 1. The van der Waals surface area contributed by atoms with Crippen LogP contribution in [0.15, 0.2) is 53.7 Å². The van der Waals surface area contributed by atoms with Gasteiger partial charge >= 0.3 is 5.97 Å². The van der Waals surface area contributed by atoms with Gasteiger partial charge in [0.1, 0.15) is 5.60 Å². The minimum atomic E-state index is -3.65. The number of ether oxygens (including phenoxy) is 1. The summed E-state index contributed by atoms with van der Waals surface area (Å²) in [7, 11) is -3.65. The minimum absolute atomic E-state index is 0.217. The summed E-state index contributed by atoms with van der Waals surface area (Å²) in [6, 6.07) is 8.32. The molecule has 25 heavy (non-hydrogen) atoms. The fourth-order valence-corrected chi connectivity index (χ4v) is 3.38. The van der Waals surface area contributed by atoms with Crippen molar-refractivity contribution < 1.29 is 17.9 Å². The summed E-state index contributed by atoms with van der Waals surface area (Å²) >= 11 is 0. The van der Waals surface area contributed by atoms with E-state index < -0.39 is 21.6 Å². The zero-order chi connectivity index (χ0) is 18.8. The number of hydrogen-bond acceptors (Lipinski definition) is 4. The van der Waals surface area contributed by atoms with Gasteiger partial charge in [0.2, 0.25) is 0 Å². The van der Waals surface area contributed by atoms with E-state index in [0.29, 0.717) is 11.1 Å². The highest BCUT2D eigenvalue weighted by atomic mass is 32.2. The number of hydrogen-bond donors (Lipinski definition) is 0. The average Bonchev–Trinajstić information content (AvgIpc) is 2.96. The van der Waals surface area contributed by atoms with Crippen LogP contribution in [0, 0.1) is 6.92 Å². The van der Waals surface area contributed by atoms with Gasteiger partial charge in [-0.3, -0.25) is 0 Å². The number of rotatable bonds is 4. The summed E-state index contributed by atoms with van der Waals surface area (Å²) in [6.45, 7) is 9.01. The van der Waals surface area contributed by atoms with Crippen LogP contribution in [0.25, 0.3) is 5.57 Å². The van der Waals surface area contributed by atoms with Crippen molar-refractivity contribution in [1.82, 2.24) is 3.97 Å². The van der Waals surface area contributed by atoms with E-state index in [1.165, 1.54) is 18.5 Å². The predicted octanol–water partition coefficient (Wildman–Crippen LogP) is 3.78. The summed E-state index contributed by atoms with van der Waals surface area (Å²) in [5.41, 5.74) is 1.69. The Kier molecular flexibility index (Phi) is 5.23. The van der Waals surface area contributed by atoms with E-state index in [4.69, 9.17) is 4.74 Å². The maximum atomic E-state index is 12.6. The minimum Gasteiger partial charge on any atom is -0.457 e. The topological polar surface area (TPSA) is 65.4 Å². The first kappa shape index (κ1) is 19.0. The van der Waals surface area contributed by atoms with E-state index in [1.54, 1.807) is 58.0 Å². The van der Waals surface area contributed by atoms with Gasteiger partial charge in [-0.15, -0.1) is 0 Å². The van der Waals surface area contributed by atoms with Crippen molar-refractivity contribution >= 4 is 21.6 Å². The quantitative estimate of drug-likeness (QED) is 0.614. The average molecular weight is 361 g/mol. The van der Waals surface area contributed by atoms with Crippen molar-refractivity contribution in [2.24, 2.45) is 0 Å². The molecule has 5 nitrogen and oxygen atoms in total. The van der Waals surface area contributed by atoms with Crippen molar-refractivity contribution in [3.05, 3.63) is 59.9 Å². The third-order valence-corrected chi connectivity index (χ3v) is 5.11. The molecule has 0 aliphatic carbocycles. The van der Waals surface area contributed by atoms with E-state index in [1.807, 2.05) is 6.92 Å². The van der Waals surface area contributed by atoms with Crippen LogP contribution in [0.2, 0.25) is 0 Å². The Labute approximate surface area is 149 Å². The summed E-state index contributed by atoms with van der Waals surface area (Å²) in [6.07, 6.45) is 4.33. The van der Waals surface area contributed by atoms with Crippen LogP contribution in [-0.2, 0) is 19.6 Å². The molecule has 0 amide bonds. The first-order valence-electron chi connectivity index (χ1n) is 7.91. The van der Waals surface area contributed by atoms with Crippen LogP contribution in [0.4, 0.5) is 0 Å². The Morgan fingerprint density at radius 2 is 1.72 bits per heavy atom. The van der Waals surface area contributed by atoms with E-state index in [0.717, 1.165) is 9.54 Å². The molecule has 134 valence electrons. The van der Waals surface area contributed by atoms with Crippen molar-refractivity contribution in [2.75, 3.05) is 0 Å². The van der Waals surface area contributed by atoms with Crippen LogP contribution in [0.3, 0.4) is 0 Å². The Balaban J connectivity index is 2.27. The van der Waals surface area contributed by atoms with Gasteiger partial charge in [-0.2, -0.15) is 0 Å². The van der Waals surface area contributed by atoms with Crippen molar-refractivity contribution in [3.63, 3.8) is 0 Å². The number of esters is 1. The van der Waals surface area contributed by atoms with Crippen LogP contribution >= 0.6 is 0 Å². The molecule has 2 rings (SSSR count). The largest absolute Gasteiger partial charge is 0.457 e. The lowest BCUT2D eigenvalue weighted by Gasteiger charge is -2.18. The zero-order valence-electron chi connectivity index (χ0n) is 15.1. The first-order valence-corrected chi connectivity index (χ1v) is 9.35. The fraction of sp³-hybridized carbons (Fsp3) is 0.316. The molecule has 6 heteroatoms. The van der Waals surface area contributed by atoms with E-state index >= 15 is 0 Å². The number of carbonyl (C=O) groups is 1. The molecule has 0 fully saturated rings. The Bertz CT molecular complexity index is 898. The van der Waals surface area contributed by atoms with Gasteiger partial charge in [0, 0.05) is 18.5 Å². The van der Waals surface area contributed by atoms with Crippen LogP contribution in [0.1, 0.15) is 38.8 Å². The summed E-state index contributed by atoms with van der Waals surface area (Å²) in [5.74, 6) is -0.459. The second-order valence-corrected chi connectivity index (χ2v) is 8.75. The predicted molar refractivity (Wildman–Crippen MR) is 97.7 cm³/mol. The highest BCUT2D eigenvalue weighted by Crippen LogP contribution is 2.20. The Morgan fingerprint density at radius 3 is 2.28 bits per heavy atom. The van der Waals surface area contributed by atoms with Crippen molar-refractivity contribution in [1.29, 1.82) is 0 Å². The number of aryl methyl sites for hydroxylation is 1. The molecular formula is C19H23NO4S. The molecular weight excluding hydrogens is 338 g/mol. The summed E-state index contributed by atoms with van der Waals surface area (Å²) in [4.78, 5) is 12.1. The van der Waals surface area contributed by atoms with E-state index in [2.05, 4.69) is 0 Å². The SMILES string of the molecule is C/C(=C\C(=O)OC(C)(C)C)c1ccn(S(=O)(=O)c2ccc(C)cc2)c1. The molecule has 0 saturated carbocycles. The molecule has 0 bridgehead atoms. The Morgan fingerprint density at radius 1 is 1.12 bits per heavy atom. The van der Waals surface area contributed by atoms with Gasteiger partial charge in [-0.1, -0.05) is 17.7 Å². The maximum Gasteiger partial charge on any atom is 0.331 e. The molecule has 0 spiro atoms. The van der Waals surface area contributed by atoms with Crippen LogP contribution < -0.4 is 0 Å². The number of aromatic nitrogens is 1. The molecule has 2 aromatic rings. The molecule has 0 N–H and O–H groups in total. The molecule has 0 unspecified atom stereocenters. The van der Waals surface area contributed by atoms with Gasteiger partial charge in [-0.25, -0.2) is 17.2 Å². The monoisotopic (exact) mass is 361 g/mol. The van der Waals surface area contributed by atoms with Gasteiger partial charge in [0.25, 0.3) is 10.0 Å². The third-order valence-electron chi connectivity index (χ3n) is 3.46. The molecule has 0 atom stereocenters. The molecule has 0 aliphatic heterocycles. The highest BCUT2D eigenvalue weighted by molar-refractivity contribution is 7.90. The third kappa shape index (κ3) is 4.82. The molecule has 0 radical (unpaired) electrons. The fourth-order valence-electron chi connectivity index (χ4n) is 2.18. The Hall–Kier alpha value is -2.34. The van der Waals surface area contributed by atoms with Gasteiger partial charge in [-0.05, 0) is 64.0 Å². The maximum absolute atomic E-state index is 12.6. The highest BCUT2D eigenvalue weighted by Gasteiger charge is 2.18. The van der Waals surface area contributed by atoms with E-state index in [-0.39, 0.29) is 4.90 Å². The molecule has 0 aliphatic rings. The number of allylic oxidation sites excluding steroid dienone is 1. The van der Waals surface area contributed by atoms with Gasteiger partial charge < -0.3 is 4.74 Å². The molecule has 1 aromatic heterocycles. The number of nitrogens with zero attached hydrogens (tertiary/aromatic N) is 1. The second kappa shape index (κ2) is 6.88. The number of carbonyl (C=O) groups excluding carboxylic acids is 1. The normalized spacial score (nSPS) is 12.9. The van der Waals surface area contributed by atoms with Crippen LogP contribution in [-0.4, -0.2) is 24.0 Å². The molecule has 1 aromatic carbocycles. The standard InChI is InChI=1S/C19H23NO4S/c1-14-6-8-17(9-7-14)25(22,23)20-11-10-16(13-20)15(2)12-18(21)24-19(3,4)5/h6-13H,1-5H3/b15-12+. The first-order chi connectivity index (χ1) is 11.5. The van der Waals surface area contributed by atoms with Crippen molar-refractivity contribution in [2.45, 2.75) is 45.1 Å². The zero-order valence-corrected chi connectivity index (χ0v) is 15.9. The van der Waals surface area contributed by atoms with Crippen LogP contribution in [0.5, 0.6) is 0 Å². The lowest BCUT2D eigenvalue weighted by Crippen LogP contribution is -2.22. The lowest BCUT2D eigenvalue weighted by atomic mass is 10.1.